The number of aryl methyl sites for hydroxylation is 1. The SMILES string of the molecule is CCCCCCCc1ccc(NC(=O)c2ccc(OC)cc2)cc1. The predicted octanol–water partition coefficient (Wildman–Crippen LogP) is 5.46. The van der Waals surface area contributed by atoms with Gasteiger partial charge < -0.3 is 10.1 Å². The maximum Gasteiger partial charge on any atom is 0.255 e. The van der Waals surface area contributed by atoms with Gasteiger partial charge in [0, 0.05) is 11.3 Å². The Balaban J connectivity index is 1.83. The molecule has 2 rings (SSSR count). The molecule has 1 N–H and O–H groups in total. The van der Waals surface area contributed by atoms with E-state index in [1.54, 1.807) is 31.4 Å². The van der Waals surface area contributed by atoms with E-state index in [4.69, 9.17) is 4.74 Å². The molecule has 0 heterocycles. The summed E-state index contributed by atoms with van der Waals surface area (Å²) in [5.41, 5.74) is 2.77. The molecular formula is C21H27NO2. The summed E-state index contributed by atoms with van der Waals surface area (Å²) in [4.78, 5) is 12.2. The van der Waals surface area contributed by atoms with Crippen LogP contribution in [0.15, 0.2) is 48.5 Å². The number of unbranched alkanes of at least 4 members (excludes halogenated alkanes) is 4. The lowest BCUT2D eigenvalue weighted by molar-refractivity contribution is 0.102. The molecule has 0 spiro atoms. The van der Waals surface area contributed by atoms with Gasteiger partial charge in [-0.25, -0.2) is 0 Å². The van der Waals surface area contributed by atoms with Crippen molar-refractivity contribution >= 4 is 11.6 Å². The van der Waals surface area contributed by atoms with Gasteiger partial charge in [-0.1, -0.05) is 44.7 Å². The Hall–Kier alpha value is -2.29. The van der Waals surface area contributed by atoms with Gasteiger partial charge in [0.1, 0.15) is 5.75 Å². The summed E-state index contributed by atoms with van der Waals surface area (Å²) in [6, 6.07) is 15.3. The lowest BCUT2D eigenvalue weighted by atomic mass is 10.1. The number of hydrogen-bond donors (Lipinski definition) is 1. The van der Waals surface area contributed by atoms with Gasteiger partial charge in [-0.2, -0.15) is 0 Å². The first-order valence-corrected chi connectivity index (χ1v) is 8.77. The summed E-state index contributed by atoms with van der Waals surface area (Å²) in [6.07, 6.45) is 7.57. The van der Waals surface area contributed by atoms with Crippen LogP contribution in [0.3, 0.4) is 0 Å². The molecule has 0 aliphatic heterocycles. The molecule has 0 aliphatic rings. The minimum Gasteiger partial charge on any atom is -0.497 e. The minimum absolute atomic E-state index is 0.107. The monoisotopic (exact) mass is 325 g/mol. The van der Waals surface area contributed by atoms with Gasteiger partial charge in [-0.3, -0.25) is 4.79 Å². The maximum atomic E-state index is 12.2. The number of rotatable bonds is 9. The first kappa shape index (κ1) is 18.1. The van der Waals surface area contributed by atoms with Gasteiger partial charge in [0.05, 0.1) is 7.11 Å². The third kappa shape index (κ3) is 5.73. The number of methoxy groups -OCH3 is 1. The Morgan fingerprint density at radius 2 is 1.58 bits per heavy atom. The molecule has 3 nitrogen and oxygen atoms in total. The molecule has 1 amide bonds. The fourth-order valence-corrected chi connectivity index (χ4v) is 2.63. The van der Waals surface area contributed by atoms with Crippen molar-refractivity contribution < 1.29 is 9.53 Å². The minimum atomic E-state index is -0.107. The molecule has 24 heavy (non-hydrogen) atoms. The second-order valence-electron chi connectivity index (χ2n) is 6.04. The zero-order chi connectivity index (χ0) is 17.2. The number of anilines is 1. The lowest BCUT2D eigenvalue weighted by Gasteiger charge is -2.07. The van der Waals surface area contributed by atoms with E-state index in [-0.39, 0.29) is 5.91 Å². The number of ether oxygens (including phenoxy) is 1. The molecule has 0 saturated carbocycles. The molecule has 0 aliphatic carbocycles. The predicted molar refractivity (Wildman–Crippen MR) is 99.9 cm³/mol. The van der Waals surface area contributed by atoms with Gasteiger partial charge in [-0.15, -0.1) is 0 Å². The Morgan fingerprint density at radius 3 is 2.21 bits per heavy atom. The molecule has 128 valence electrons. The lowest BCUT2D eigenvalue weighted by Crippen LogP contribution is -2.11. The quantitative estimate of drug-likeness (QED) is 0.622. The van der Waals surface area contributed by atoms with E-state index < -0.39 is 0 Å². The number of carbonyl (C=O) groups is 1. The fourth-order valence-electron chi connectivity index (χ4n) is 2.63. The average Bonchev–Trinajstić information content (AvgIpc) is 2.63. The standard InChI is InChI=1S/C21H27NO2/c1-3-4-5-6-7-8-17-9-13-19(14-10-17)22-21(23)18-11-15-20(24-2)16-12-18/h9-16H,3-8H2,1-2H3,(H,22,23). The number of carbonyl (C=O) groups excluding carboxylic acids is 1. The van der Waals surface area contributed by atoms with Crippen LogP contribution in [0.1, 0.15) is 54.9 Å². The summed E-state index contributed by atoms with van der Waals surface area (Å²) in [6.45, 7) is 2.24. The Kier molecular flexibility index (Phi) is 7.34. The molecule has 0 unspecified atom stereocenters. The van der Waals surface area contributed by atoms with Crippen molar-refractivity contribution in [2.75, 3.05) is 12.4 Å². The van der Waals surface area contributed by atoms with Crippen LogP contribution in [0.25, 0.3) is 0 Å². The average molecular weight is 325 g/mol. The second kappa shape index (κ2) is 9.76. The van der Waals surface area contributed by atoms with Crippen molar-refractivity contribution in [2.45, 2.75) is 45.4 Å². The summed E-state index contributed by atoms with van der Waals surface area (Å²) in [5, 5.41) is 2.93. The molecule has 2 aromatic carbocycles. The topological polar surface area (TPSA) is 38.3 Å². The Labute approximate surface area is 145 Å². The van der Waals surface area contributed by atoms with Crippen molar-refractivity contribution in [1.29, 1.82) is 0 Å². The van der Waals surface area contributed by atoms with E-state index in [0.717, 1.165) is 17.9 Å². The summed E-state index contributed by atoms with van der Waals surface area (Å²) >= 11 is 0. The molecular weight excluding hydrogens is 298 g/mol. The smallest absolute Gasteiger partial charge is 0.255 e. The normalized spacial score (nSPS) is 10.4. The summed E-state index contributed by atoms with van der Waals surface area (Å²) < 4.78 is 5.10. The van der Waals surface area contributed by atoms with Crippen molar-refractivity contribution in [1.82, 2.24) is 0 Å². The van der Waals surface area contributed by atoms with E-state index in [2.05, 4.69) is 24.4 Å². The summed E-state index contributed by atoms with van der Waals surface area (Å²) in [5.74, 6) is 0.639. The fraction of sp³-hybridized carbons (Fsp3) is 0.381. The van der Waals surface area contributed by atoms with Crippen molar-refractivity contribution in [3.8, 4) is 5.75 Å². The molecule has 0 saturated heterocycles. The van der Waals surface area contributed by atoms with Crippen LogP contribution in [0.5, 0.6) is 5.75 Å². The third-order valence-corrected chi connectivity index (χ3v) is 4.13. The van der Waals surface area contributed by atoms with Crippen LogP contribution in [-0.2, 0) is 6.42 Å². The molecule has 0 fully saturated rings. The van der Waals surface area contributed by atoms with Gasteiger partial charge in [0.25, 0.3) is 5.91 Å². The first-order valence-electron chi connectivity index (χ1n) is 8.77. The highest BCUT2D eigenvalue weighted by Crippen LogP contribution is 2.16. The van der Waals surface area contributed by atoms with Crippen molar-refractivity contribution in [3.63, 3.8) is 0 Å². The van der Waals surface area contributed by atoms with Crippen LogP contribution < -0.4 is 10.1 Å². The van der Waals surface area contributed by atoms with E-state index >= 15 is 0 Å². The second-order valence-corrected chi connectivity index (χ2v) is 6.04. The molecule has 3 heteroatoms. The third-order valence-electron chi connectivity index (χ3n) is 4.13. The van der Waals surface area contributed by atoms with Crippen LogP contribution >= 0.6 is 0 Å². The number of benzene rings is 2. The molecule has 0 radical (unpaired) electrons. The molecule has 0 bridgehead atoms. The number of amides is 1. The Bertz CT molecular complexity index is 617. The van der Waals surface area contributed by atoms with Gasteiger partial charge >= 0.3 is 0 Å². The van der Waals surface area contributed by atoms with Gasteiger partial charge in [0.2, 0.25) is 0 Å². The zero-order valence-corrected chi connectivity index (χ0v) is 14.7. The largest absolute Gasteiger partial charge is 0.497 e. The van der Waals surface area contributed by atoms with Crippen molar-refractivity contribution in [2.24, 2.45) is 0 Å². The molecule has 0 aromatic heterocycles. The molecule has 2 aromatic rings. The van der Waals surface area contributed by atoms with Gasteiger partial charge in [0.15, 0.2) is 0 Å². The van der Waals surface area contributed by atoms with Crippen LogP contribution in [0, 0.1) is 0 Å². The Morgan fingerprint density at radius 1 is 0.917 bits per heavy atom. The van der Waals surface area contributed by atoms with E-state index in [0.29, 0.717) is 5.56 Å². The van der Waals surface area contributed by atoms with E-state index in [1.165, 1.54) is 37.7 Å². The highest BCUT2D eigenvalue weighted by molar-refractivity contribution is 6.04. The van der Waals surface area contributed by atoms with Gasteiger partial charge in [-0.05, 0) is 54.8 Å². The highest BCUT2D eigenvalue weighted by Gasteiger charge is 2.06. The van der Waals surface area contributed by atoms with E-state index in [9.17, 15) is 4.79 Å². The maximum absolute atomic E-state index is 12.2. The highest BCUT2D eigenvalue weighted by atomic mass is 16.5. The van der Waals surface area contributed by atoms with Crippen LogP contribution in [-0.4, -0.2) is 13.0 Å². The first-order chi connectivity index (χ1) is 11.7. The number of nitrogens with one attached hydrogen (secondary N) is 1. The van der Waals surface area contributed by atoms with E-state index in [1.807, 2.05) is 12.1 Å². The zero-order valence-electron chi connectivity index (χ0n) is 14.7. The van der Waals surface area contributed by atoms with Crippen LogP contribution in [0.2, 0.25) is 0 Å². The molecule has 0 atom stereocenters. The van der Waals surface area contributed by atoms with Crippen molar-refractivity contribution in [3.05, 3.63) is 59.7 Å². The van der Waals surface area contributed by atoms with Crippen LogP contribution in [0.4, 0.5) is 5.69 Å². The summed E-state index contributed by atoms with van der Waals surface area (Å²) in [7, 11) is 1.61. The number of hydrogen-bond acceptors (Lipinski definition) is 2.